The van der Waals surface area contributed by atoms with Crippen LogP contribution in [0.5, 0.6) is 0 Å². The molecule has 4 heteroatoms. The van der Waals surface area contributed by atoms with Gasteiger partial charge in [0.15, 0.2) is 0 Å². The lowest BCUT2D eigenvalue weighted by molar-refractivity contribution is 0.220. The van der Waals surface area contributed by atoms with Crippen molar-refractivity contribution >= 4 is 22.6 Å². The molecule has 0 saturated heterocycles. The fourth-order valence-corrected chi connectivity index (χ4v) is 2.86. The number of rotatable bonds is 3. The van der Waals surface area contributed by atoms with E-state index in [1.54, 1.807) is 6.07 Å². The SMILES string of the molecule is CNC(C1=COCCC1)c1ccc(F)cc1I. The van der Waals surface area contributed by atoms with Gasteiger partial charge >= 0.3 is 0 Å². The highest BCUT2D eigenvalue weighted by Crippen LogP contribution is 2.30. The summed E-state index contributed by atoms with van der Waals surface area (Å²) < 4.78 is 19.4. The van der Waals surface area contributed by atoms with Crippen LogP contribution in [-0.4, -0.2) is 13.7 Å². The molecule has 2 rings (SSSR count). The Labute approximate surface area is 114 Å². The fraction of sp³-hybridized carbons (Fsp3) is 0.385. The van der Waals surface area contributed by atoms with Gasteiger partial charge in [-0.2, -0.15) is 0 Å². The van der Waals surface area contributed by atoms with Crippen LogP contribution >= 0.6 is 22.6 Å². The number of hydrogen-bond donors (Lipinski definition) is 1. The average molecular weight is 347 g/mol. The van der Waals surface area contributed by atoms with Gasteiger partial charge in [-0.15, -0.1) is 0 Å². The molecule has 0 saturated carbocycles. The number of nitrogens with one attached hydrogen (secondary N) is 1. The van der Waals surface area contributed by atoms with Gasteiger partial charge in [0.05, 0.1) is 18.9 Å². The van der Waals surface area contributed by atoms with E-state index in [-0.39, 0.29) is 11.9 Å². The lowest BCUT2D eigenvalue weighted by Gasteiger charge is -2.24. The number of benzene rings is 1. The summed E-state index contributed by atoms with van der Waals surface area (Å²) in [5.74, 6) is -0.193. The molecule has 0 fully saturated rings. The van der Waals surface area contributed by atoms with Crippen LogP contribution in [0.2, 0.25) is 0 Å². The maximum absolute atomic E-state index is 13.1. The number of hydrogen-bond acceptors (Lipinski definition) is 2. The lowest BCUT2D eigenvalue weighted by atomic mass is 9.95. The van der Waals surface area contributed by atoms with Crippen molar-refractivity contribution in [2.45, 2.75) is 18.9 Å². The molecule has 0 aliphatic carbocycles. The van der Waals surface area contributed by atoms with Gasteiger partial charge in [0, 0.05) is 3.57 Å². The smallest absolute Gasteiger partial charge is 0.124 e. The Morgan fingerprint density at radius 2 is 2.29 bits per heavy atom. The van der Waals surface area contributed by atoms with E-state index < -0.39 is 0 Å². The zero-order valence-electron chi connectivity index (χ0n) is 9.67. The van der Waals surface area contributed by atoms with Crippen LogP contribution in [0.3, 0.4) is 0 Å². The Hall–Kier alpha value is -0.620. The van der Waals surface area contributed by atoms with E-state index in [0.29, 0.717) is 0 Å². The molecule has 0 amide bonds. The minimum absolute atomic E-state index is 0.114. The lowest BCUT2D eigenvalue weighted by Crippen LogP contribution is -2.21. The predicted molar refractivity (Wildman–Crippen MR) is 74.2 cm³/mol. The van der Waals surface area contributed by atoms with Crippen molar-refractivity contribution < 1.29 is 9.13 Å². The zero-order chi connectivity index (χ0) is 12.3. The normalized spacial score (nSPS) is 17.2. The minimum Gasteiger partial charge on any atom is -0.501 e. The highest BCUT2D eigenvalue weighted by atomic mass is 127. The van der Waals surface area contributed by atoms with E-state index in [1.165, 1.54) is 11.6 Å². The van der Waals surface area contributed by atoms with Crippen LogP contribution in [0.15, 0.2) is 30.0 Å². The molecule has 1 aromatic rings. The number of halogens is 2. The summed E-state index contributed by atoms with van der Waals surface area (Å²) in [5.41, 5.74) is 2.33. The molecule has 0 bridgehead atoms. The quantitative estimate of drug-likeness (QED) is 0.847. The van der Waals surface area contributed by atoms with Crippen molar-refractivity contribution in [2.24, 2.45) is 0 Å². The molecule has 1 unspecified atom stereocenters. The molecule has 1 N–H and O–H groups in total. The minimum atomic E-state index is -0.193. The summed E-state index contributed by atoms with van der Waals surface area (Å²) in [5, 5.41) is 3.27. The van der Waals surface area contributed by atoms with Gasteiger partial charge in [-0.1, -0.05) is 6.07 Å². The standard InChI is InChI=1S/C13H15FINO/c1-16-13(9-3-2-6-17-8-9)11-5-4-10(14)7-12(11)15/h4-5,7-8,13,16H,2-3,6H2,1H3. The van der Waals surface area contributed by atoms with Crippen LogP contribution in [0.25, 0.3) is 0 Å². The molecule has 1 aliphatic rings. The van der Waals surface area contributed by atoms with Gasteiger partial charge in [-0.05, 0) is 65.7 Å². The summed E-state index contributed by atoms with van der Waals surface area (Å²) in [4.78, 5) is 0. The van der Waals surface area contributed by atoms with Crippen molar-refractivity contribution in [3.63, 3.8) is 0 Å². The molecule has 1 atom stereocenters. The third-order valence-corrected chi connectivity index (χ3v) is 3.83. The van der Waals surface area contributed by atoms with Crippen LogP contribution in [-0.2, 0) is 4.74 Å². The molecule has 0 aromatic heterocycles. The Balaban J connectivity index is 2.31. The number of likely N-dealkylation sites (N-methyl/N-ethyl adjacent to an activating group) is 1. The van der Waals surface area contributed by atoms with Gasteiger partial charge in [-0.25, -0.2) is 4.39 Å². The largest absolute Gasteiger partial charge is 0.501 e. The van der Waals surface area contributed by atoms with E-state index >= 15 is 0 Å². The first-order valence-corrected chi connectivity index (χ1v) is 6.73. The average Bonchev–Trinajstić information content (AvgIpc) is 2.34. The zero-order valence-corrected chi connectivity index (χ0v) is 11.8. The van der Waals surface area contributed by atoms with Crippen molar-refractivity contribution in [1.29, 1.82) is 0 Å². The Kier molecular flexibility index (Phi) is 4.39. The van der Waals surface area contributed by atoms with Gasteiger partial charge in [0.1, 0.15) is 5.82 Å². The third-order valence-electron chi connectivity index (χ3n) is 2.90. The summed E-state index contributed by atoms with van der Waals surface area (Å²) in [6.45, 7) is 0.792. The molecule has 17 heavy (non-hydrogen) atoms. The van der Waals surface area contributed by atoms with Crippen LogP contribution < -0.4 is 5.32 Å². The Bertz CT molecular complexity index is 433. The highest BCUT2D eigenvalue weighted by molar-refractivity contribution is 14.1. The van der Waals surface area contributed by atoms with Crippen LogP contribution in [0.4, 0.5) is 4.39 Å². The monoisotopic (exact) mass is 347 g/mol. The van der Waals surface area contributed by atoms with Crippen molar-refractivity contribution in [3.8, 4) is 0 Å². The Morgan fingerprint density at radius 3 is 2.88 bits per heavy atom. The van der Waals surface area contributed by atoms with Crippen molar-refractivity contribution in [1.82, 2.24) is 5.32 Å². The highest BCUT2D eigenvalue weighted by Gasteiger charge is 2.19. The molecule has 0 spiro atoms. The topological polar surface area (TPSA) is 21.3 Å². The molecule has 1 aliphatic heterocycles. The van der Waals surface area contributed by atoms with Crippen LogP contribution in [0.1, 0.15) is 24.4 Å². The van der Waals surface area contributed by atoms with Crippen molar-refractivity contribution in [3.05, 3.63) is 45.0 Å². The number of ether oxygens (including phenoxy) is 1. The van der Waals surface area contributed by atoms with E-state index in [9.17, 15) is 4.39 Å². The summed E-state index contributed by atoms with van der Waals surface area (Å²) >= 11 is 2.17. The fourth-order valence-electron chi connectivity index (χ4n) is 2.07. The van der Waals surface area contributed by atoms with E-state index in [2.05, 4.69) is 27.9 Å². The Morgan fingerprint density at radius 1 is 1.47 bits per heavy atom. The second-order valence-electron chi connectivity index (χ2n) is 4.05. The molecule has 2 nitrogen and oxygen atoms in total. The van der Waals surface area contributed by atoms with Crippen molar-refractivity contribution in [2.75, 3.05) is 13.7 Å². The molecule has 92 valence electrons. The maximum atomic E-state index is 13.1. The first-order valence-electron chi connectivity index (χ1n) is 5.65. The van der Waals surface area contributed by atoms with Gasteiger partial charge in [0.2, 0.25) is 0 Å². The van der Waals surface area contributed by atoms with E-state index in [0.717, 1.165) is 28.6 Å². The molecule has 1 aromatic carbocycles. The molecular weight excluding hydrogens is 332 g/mol. The van der Waals surface area contributed by atoms with Gasteiger partial charge < -0.3 is 10.1 Å². The molecule has 1 heterocycles. The first kappa shape index (κ1) is 12.8. The molecule has 0 radical (unpaired) electrons. The first-order chi connectivity index (χ1) is 8.22. The van der Waals surface area contributed by atoms with E-state index in [1.807, 2.05) is 19.4 Å². The summed E-state index contributed by atoms with van der Waals surface area (Å²) in [7, 11) is 1.92. The second kappa shape index (κ2) is 5.82. The second-order valence-corrected chi connectivity index (χ2v) is 5.22. The summed E-state index contributed by atoms with van der Waals surface area (Å²) in [6.07, 6.45) is 3.91. The predicted octanol–water partition coefficient (Wildman–Crippen LogP) is 3.39. The summed E-state index contributed by atoms with van der Waals surface area (Å²) in [6, 6.07) is 5.02. The van der Waals surface area contributed by atoms with Gasteiger partial charge in [0.25, 0.3) is 0 Å². The third kappa shape index (κ3) is 2.98. The van der Waals surface area contributed by atoms with E-state index in [4.69, 9.17) is 4.74 Å². The van der Waals surface area contributed by atoms with Gasteiger partial charge in [-0.3, -0.25) is 0 Å². The van der Waals surface area contributed by atoms with Crippen LogP contribution in [0, 0.1) is 9.39 Å². The maximum Gasteiger partial charge on any atom is 0.124 e. The molecular formula is C13H15FINO.